The van der Waals surface area contributed by atoms with Gasteiger partial charge in [-0.05, 0) is 62.8 Å². The Morgan fingerprint density at radius 1 is 0.750 bits per heavy atom. The van der Waals surface area contributed by atoms with Crippen LogP contribution in [0.1, 0.15) is 87.6 Å². The van der Waals surface area contributed by atoms with E-state index >= 15 is 0 Å². The largest absolute Gasteiger partial charge is 0.508 e. The van der Waals surface area contributed by atoms with Crippen molar-refractivity contribution in [2.45, 2.75) is 72.6 Å². The minimum atomic E-state index is 0.243. The first-order valence-corrected chi connectivity index (χ1v) is 11.6. The van der Waals surface area contributed by atoms with Gasteiger partial charge in [-0.15, -0.1) is 5.73 Å². The van der Waals surface area contributed by atoms with Crippen LogP contribution in [-0.2, 0) is 12.8 Å². The van der Waals surface area contributed by atoms with E-state index in [-0.39, 0.29) is 17.3 Å². The fourth-order valence-corrected chi connectivity index (χ4v) is 4.09. The van der Waals surface area contributed by atoms with Crippen LogP contribution in [0.5, 0.6) is 11.5 Å². The normalized spacial score (nSPS) is 14.1. The maximum Gasteiger partial charge on any atom is 0.123 e. The number of phenolic OH excluding ortho intramolecular Hbond substituents is 2. The number of aliphatic hydroxyl groups is 1. The Bertz CT molecular complexity index is 1090. The van der Waals surface area contributed by atoms with Crippen LogP contribution in [-0.4, -0.2) is 15.3 Å². The van der Waals surface area contributed by atoms with Crippen molar-refractivity contribution in [3.63, 3.8) is 0 Å². The quantitative estimate of drug-likeness (QED) is 0.399. The molecule has 3 rings (SSSR count). The summed E-state index contributed by atoms with van der Waals surface area (Å²) in [5.41, 5.74) is 9.97. The van der Waals surface area contributed by atoms with Crippen LogP contribution in [0.25, 0.3) is 0 Å². The molecule has 1 aliphatic carbocycles. The molecule has 32 heavy (non-hydrogen) atoms. The summed E-state index contributed by atoms with van der Waals surface area (Å²) in [4.78, 5) is 0. The van der Waals surface area contributed by atoms with E-state index in [2.05, 4.69) is 47.3 Å². The number of aromatic hydroxyl groups is 2. The van der Waals surface area contributed by atoms with Crippen molar-refractivity contribution in [2.24, 2.45) is 5.92 Å². The van der Waals surface area contributed by atoms with Crippen LogP contribution in [0.3, 0.4) is 0 Å². The van der Waals surface area contributed by atoms with Gasteiger partial charge in [-0.3, -0.25) is 0 Å². The van der Waals surface area contributed by atoms with Crippen LogP contribution < -0.4 is 0 Å². The minimum Gasteiger partial charge on any atom is -0.508 e. The summed E-state index contributed by atoms with van der Waals surface area (Å²) in [5.74, 6) is 1.74. The molecule has 0 aliphatic heterocycles. The van der Waals surface area contributed by atoms with Crippen molar-refractivity contribution in [1.82, 2.24) is 0 Å². The number of phenols is 2. The van der Waals surface area contributed by atoms with E-state index in [0.717, 1.165) is 39.0 Å². The predicted octanol–water partition coefficient (Wildman–Crippen LogP) is 7.43. The highest BCUT2D eigenvalue weighted by molar-refractivity contribution is 5.51. The van der Waals surface area contributed by atoms with Gasteiger partial charge in [0.2, 0.25) is 0 Å². The smallest absolute Gasteiger partial charge is 0.123 e. The van der Waals surface area contributed by atoms with Crippen molar-refractivity contribution < 1.29 is 15.3 Å². The van der Waals surface area contributed by atoms with Gasteiger partial charge in [-0.1, -0.05) is 65.8 Å². The van der Waals surface area contributed by atoms with Gasteiger partial charge in [0, 0.05) is 25.3 Å². The molecule has 0 heterocycles. The lowest BCUT2D eigenvalue weighted by Crippen LogP contribution is -2.06. The second kappa shape index (κ2) is 9.71. The Balaban J connectivity index is 2.00. The zero-order valence-electron chi connectivity index (χ0n) is 20.2. The molecule has 1 aliphatic rings. The lowest BCUT2D eigenvalue weighted by atomic mass is 9.86. The lowest BCUT2D eigenvalue weighted by molar-refractivity contribution is 0.418. The molecule has 2 aromatic carbocycles. The Hall–Kier alpha value is -2.90. The maximum atomic E-state index is 11.2. The van der Waals surface area contributed by atoms with Gasteiger partial charge in [0.1, 0.15) is 17.3 Å². The first kappa shape index (κ1) is 23.8. The summed E-state index contributed by atoms with van der Waals surface area (Å²) in [7, 11) is 0. The van der Waals surface area contributed by atoms with Crippen LogP contribution in [0.15, 0.2) is 59.0 Å². The molecule has 0 spiro atoms. The molecule has 0 fully saturated rings. The lowest BCUT2D eigenvalue weighted by Gasteiger charge is -2.20. The van der Waals surface area contributed by atoms with Gasteiger partial charge in [0.05, 0.1) is 0 Å². The molecule has 0 amide bonds. The van der Waals surface area contributed by atoms with Gasteiger partial charge in [0.15, 0.2) is 0 Å². The van der Waals surface area contributed by atoms with Crippen molar-refractivity contribution in [2.75, 3.05) is 0 Å². The summed E-state index contributed by atoms with van der Waals surface area (Å²) in [6, 6.07) is 9.81. The zero-order valence-corrected chi connectivity index (χ0v) is 20.2. The number of rotatable bonds is 7. The van der Waals surface area contributed by atoms with E-state index < -0.39 is 0 Å². The molecule has 3 N–H and O–H groups in total. The zero-order chi connectivity index (χ0) is 23.6. The highest BCUT2D eigenvalue weighted by atomic mass is 16.3. The first-order valence-electron chi connectivity index (χ1n) is 11.6. The molecule has 0 unspecified atom stereocenters. The monoisotopic (exact) mass is 432 g/mol. The summed E-state index contributed by atoms with van der Waals surface area (Å²) in [6.45, 7) is 12.8. The Labute approximate surface area is 192 Å². The second-order valence-electron chi connectivity index (χ2n) is 9.87. The molecular formula is C29H36O3. The number of aliphatic hydroxyl groups excluding tert-OH is 1. The molecule has 3 nitrogen and oxygen atoms in total. The number of hydrogen-bond acceptors (Lipinski definition) is 3. The highest BCUT2D eigenvalue weighted by Gasteiger charge is 2.19. The minimum absolute atomic E-state index is 0.243. The van der Waals surface area contributed by atoms with Gasteiger partial charge >= 0.3 is 0 Å². The van der Waals surface area contributed by atoms with Crippen molar-refractivity contribution >= 4 is 0 Å². The van der Waals surface area contributed by atoms with Crippen LogP contribution in [0, 0.1) is 5.92 Å². The highest BCUT2D eigenvalue weighted by Crippen LogP contribution is 2.36. The van der Waals surface area contributed by atoms with Crippen molar-refractivity contribution in [3.8, 4) is 11.5 Å². The van der Waals surface area contributed by atoms with Gasteiger partial charge in [-0.25, -0.2) is 0 Å². The maximum absolute atomic E-state index is 11.2. The molecule has 0 radical (unpaired) electrons. The molecule has 0 saturated carbocycles. The number of benzene rings is 2. The average Bonchev–Trinajstić information content (AvgIpc) is 2.73. The Kier molecular flexibility index (Phi) is 7.21. The van der Waals surface area contributed by atoms with Crippen LogP contribution in [0.2, 0.25) is 0 Å². The van der Waals surface area contributed by atoms with E-state index in [1.165, 1.54) is 0 Å². The van der Waals surface area contributed by atoms with Gasteiger partial charge in [-0.2, -0.15) is 0 Å². The van der Waals surface area contributed by atoms with Crippen molar-refractivity contribution in [3.05, 3.63) is 86.9 Å². The van der Waals surface area contributed by atoms with E-state index in [1.807, 2.05) is 24.3 Å². The molecule has 0 bridgehead atoms. The summed E-state index contributed by atoms with van der Waals surface area (Å²) < 4.78 is 0. The van der Waals surface area contributed by atoms with Crippen molar-refractivity contribution in [1.29, 1.82) is 0 Å². The third kappa shape index (κ3) is 5.29. The Morgan fingerprint density at radius 2 is 1.34 bits per heavy atom. The number of allylic oxidation sites excluding steroid dienone is 2. The third-order valence-corrected chi connectivity index (χ3v) is 6.37. The van der Waals surface area contributed by atoms with E-state index in [1.54, 1.807) is 12.1 Å². The predicted molar refractivity (Wildman–Crippen MR) is 132 cm³/mol. The molecule has 0 saturated heterocycles. The topological polar surface area (TPSA) is 60.7 Å². The molecule has 0 aromatic heterocycles. The Morgan fingerprint density at radius 3 is 1.94 bits per heavy atom. The number of hydrogen-bond donors (Lipinski definition) is 3. The molecular weight excluding hydrogens is 396 g/mol. The fourth-order valence-electron chi connectivity index (χ4n) is 4.09. The first-order chi connectivity index (χ1) is 15.1. The van der Waals surface area contributed by atoms with Gasteiger partial charge < -0.3 is 15.3 Å². The average molecular weight is 433 g/mol. The molecule has 170 valence electrons. The standard InChI is InChI=1S/C29H36O3/c1-17(2)20-7-9-27(30)23(11-20)15-25-13-22(19(5)6)14-26(29(25)32)16-24-12-21(18(3)4)8-10-28(24)31/h7,9-11,13-14,17-19,30-32H,12,15-16H2,1-6H3. The van der Waals surface area contributed by atoms with E-state index in [9.17, 15) is 15.3 Å². The van der Waals surface area contributed by atoms with E-state index in [0.29, 0.717) is 37.0 Å². The fraction of sp³-hybridized carbons (Fsp3) is 0.414. The third-order valence-electron chi connectivity index (χ3n) is 6.37. The summed E-state index contributed by atoms with van der Waals surface area (Å²) in [6.07, 6.45) is 3.25. The van der Waals surface area contributed by atoms with Crippen LogP contribution in [0.4, 0.5) is 0 Å². The summed E-state index contributed by atoms with van der Waals surface area (Å²) in [5, 5.41) is 32.1. The molecule has 3 heteroatoms. The van der Waals surface area contributed by atoms with Crippen LogP contribution >= 0.6 is 0 Å². The molecule has 2 aromatic rings. The second-order valence-corrected chi connectivity index (χ2v) is 9.87. The van der Waals surface area contributed by atoms with Gasteiger partial charge in [0.25, 0.3) is 0 Å². The molecule has 0 atom stereocenters. The summed E-state index contributed by atoms with van der Waals surface area (Å²) >= 11 is 0. The van der Waals surface area contributed by atoms with E-state index in [4.69, 9.17) is 0 Å². The SMILES string of the molecule is CC(C)C1=C=CC(O)=C(Cc2cc(C(C)C)cc(Cc3cc(C(C)C)ccc3O)c2O)C1.